The third-order valence-corrected chi connectivity index (χ3v) is 6.36. The summed E-state index contributed by atoms with van der Waals surface area (Å²) in [5.41, 5.74) is 4.92. The van der Waals surface area contributed by atoms with Crippen LogP contribution in [0, 0.1) is 5.92 Å². The number of likely N-dealkylation sites (tertiary alicyclic amines) is 1. The molecule has 1 aromatic carbocycles. The van der Waals surface area contributed by atoms with Crippen molar-refractivity contribution in [2.75, 3.05) is 39.9 Å². The molecule has 0 aromatic heterocycles. The van der Waals surface area contributed by atoms with Gasteiger partial charge in [-0.15, -0.1) is 24.0 Å². The van der Waals surface area contributed by atoms with E-state index in [0.717, 1.165) is 25.5 Å². The fourth-order valence-electron chi connectivity index (χ4n) is 4.64. The summed E-state index contributed by atoms with van der Waals surface area (Å²) in [7, 11) is 1.70. The number of aliphatic imine (C=N–C) groups is 1. The van der Waals surface area contributed by atoms with Gasteiger partial charge in [0.05, 0.1) is 5.56 Å². The quantitative estimate of drug-likeness (QED) is 0.324. The zero-order chi connectivity index (χ0) is 22.5. The maximum absolute atomic E-state index is 13.3. The summed E-state index contributed by atoms with van der Waals surface area (Å²) in [6.07, 6.45) is -0.896. The van der Waals surface area contributed by atoms with Crippen LogP contribution in [0.5, 0.6) is 0 Å². The SMILES string of the molecule is CN=C(NCC1(c2cccc(C(F)(F)F)c2)CCOCC1)N1CCCC(CC(N)=O)C1.I. The van der Waals surface area contributed by atoms with Gasteiger partial charge in [-0.05, 0) is 43.2 Å². The highest BCUT2D eigenvalue weighted by Crippen LogP contribution is 2.38. The zero-order valence-corrected chi connectivity index (χ0v) is 20.6. The monoisotopic (exact) mass is 568 g/mol. The van der Waals surface area contributed by atoms with Crippen molar-refractivity contribution < 1.29 is 22.7 Å². The molecule has 0 spiro atoms. The normalized spacial score (nSPS) is 21.6. The largest absolute Gasteiger partial charge is 0.416 e. The number of alkyl halides is 3. The molecule has 2 aliphatic rings. The zero-order valence-electron chi connectivity index (χ0n) is 18.3. The summed E-state index contributed by atoms with van der Waals surface area (Å²) in [4.78, 5) is 17.8. The van der Waals surface area contributed by atoms with Gasteiger partial charge in [0, 0.05) is 51.7 Å². The van der Waals surface area contributed by atoms with Crippen LogP contribution in [-0.4, -0.2) is 56.7 Å². The number of guanidine groups is 1. The number of carbonyl (C=O) groups is 1. The number of halogens is 4. The van der Waals surface area contributed by atoms with Gasteiger partial charge in [0.25, 0.3) is 0 Å². The Bertz CT molecular complexity index is 798. The van der Waals surface area contributed by atoms with Crippen LogP contribution in [0.25, 0.3) is 0 Å². The smallest absolute Gasteiger partial charge is 0.381 e. The van der Waals surface area contributed by atoms with Crippen molar-refractivity contribution in [3.63, 3.8) is 0 Å². The second-order valence-corrected chi connectivity index (χ2v) is 8.50. The fraction of sp³-hybridized carbons (Fsp3) is 0.636. The van der Waals surface area contributed by atoms with Crippen molar-refractivity contribution in [3.8, 4) is 0 Å². The number of nitrogens with one attached hydrogen (secondary N) is 1. The van der Waals surface area contributed by atoms with Gasteiger partial charge >= 0.3 is 6.18 Å². The van der Waals surface area contributed by atoms with Gasteiger partial charge in [0.1, 0.15) is 0 Å². The van der Waals surface area contributed by atoms with Crippen molar-refractivity contribution in [2.45, 2.75) is 43.7 Å². The molecule has 2 heterocycles. The van der Waals surface area contributed by atoms with E-state index in [1.807, 2.05) is 0 Å². The number of piperidine rings is 1. The van der Waals surface area contributed by atoms with Gasteiger partial charge in [0.2, 0.25) is 5.91 Å². The maximum Gasteiger partial charge on any atom is 0.416 e. The first-order chi connectivity index (χ1) is 14.7. The Morgan fingerprint density at radius 2 is 2.06 bits per heavy atom. The lowest BCUT2D eigenvalue weighted by Gasteiger charge is -2.40. The summed E-state index contributed by atoms with van der Waals surface area (Å²) in [6, 6.07) is 5.62. The van der Waals surface area contributed by atoms with Crippen molar-refractivity contribution in [3.05, 3.63) is 35.4 Å². The van der Waals surface area contributed by atoms with E-state index in [0.29, 0.717) is 57.1 Å². The van der Waals surface area contributed by atoms with Crippen LogP contribution in [0.15, 0.2) is 29.3 Å². The average molecular weight is 568 g/mol. The van der Waals surface area contributed by atoms with Crippen molar-refractivity contribution in [2.24, 2.45) is 16.6 Å². The average Bonchev–Trinajstić information content (AvgIpc) is 2.74. The summed E-state index contributed by atoms with van der Waals surface area (Å²) >= 11 is 0. The first-order valence-corrected chi connectivity index (χ1v) is 10.7. The molecule has 6 nitrogen and oxygen atoms in total. The number of primary amides is 1. The minimum Gasteiger partial charge on any atom is -0.381 e. The number of nitrogens with zero attached hydrogens (tertiary/aromatic N) is 2. The molecule has 2 saturated heterocycles. The Kier molecular flexibility index (Phi) is 9.62. The van der Waals surface area contributed by atoms with Crippen LogP contribution in [0.3, 0.4) is 0 Å². The van der Waals surface area contributed by atoms with E-state index in [1.165, 1.54) is 12.1 Å². The predicted molar refractivity (Wildman–Crippen MR) is 128 cm³/mol. The highest BCUT2D eigenvalue weighted by atomic mass is 127. The van der Waals surface area contributed by atoms with E-state index in [4.69, 9.17) is 10.5 Å². The number of nitrogens with two attached hydrogens (primary N) is 1. The molecule has 180 valence electrons. The van der Waals surface area contributed by atoms with Crippen LogP contribution in [0.4, 0.5) is 13.2 Å². The lowest BCUT2D eigenvalue weighted by atomic mass is 9.73. The molecular formula is C22H32F3IN4O2. The Hall–Kier alpha value is -1.56. The molecule has 10 heteroatoms. The number of carbonyl (C=O) groups excluding carboxylic acids is 1. The van der Waals surface area contributed by atoms with Gasteiger partial charge in [-0.2, -0.15) is 13.2 Å². The fourth-order valence-corrected chi connectivity index (χ4v) is 4.64. The van der Waals surface area contributed by atoms with E-state index in [9.17, 15) is 18.0 Å². The molecule has 0 saturated carbocycles. The summed E-state index contributed by atoms with van der Waals surface area (Å²) in [5.74, 6) is 0.581. The molecule has 3 N–H and O–H groups in total. The third-order valence-electron chi connectivity index (χ3n) is 6.36. The number of rotatable bonds is 5. The van der Waals surface area contributed by atoms with Crippen molar-refractivity contribution >= 4 is 35.8 Å². The van der Waals surface area contributed by atoms with Crippen LogP contribution < -0.4 is 11.1 Å². The van der Waals surface area contributed by atoms with E-state index in [2.05, 4.69) is 15.2 Å². The first-order valence-electron chi connectivity index (χ1n) is 10.7. The molecule has 1 atom stereocenters. The Balaban J connectivity index is 0.00000363. The molecule has 1 aromatic rings. The van der Waals surface area contributed by atoms with Gasteiger partial charge in [0.15, 0.2) is 5.96 Å². The van der Waals surface area contributed by atoms with Gasteiger partial charge < -0.3 is 20.7 Å². The number of amides is 1. The van der Waals surface area contributed by atoms with E-state index in [1.54, 1.807) is 13.1 Å². The van der Waals surface area contributed by atoms with Crippen LogP contribution in [-0.2, 0) is 21.1 Å². The van der Waals surface area contributed by atoms with Crippen LogP contribution >= 0.6 is 24.0 Å². The summed E-state index contributed by atoms with van der Waals surface area (Å²) < 4.78 is 45.4. The maximum atomic E-state index is 13.3. The minimum absolute atomic E-state index is 0. The predicted octanol–water partition coefficient (Wildman–Crippen LogP) is 3.53. The number of hydrogen-bond donors (Lipinski definition) is 2. The Labute approximate surface area is 204 Å². The van der Waals surface area contributed by atoms with Crippen LogP contribution in [0.2, 0.25) is 0 Å². The Morgan fingerprint density at radius 1 is 1.34 bits per heavy atom. The second kappa shape index (κ2) is 11.5. The molecular weight excluding hydrogens is 536 g/mol. The first kappa shape index (κ1) is 26.7. The molecule has 0 bridgehead atoms. The molecule has 1 unspecified atom stereocenters. The van der Waals surface area contributed by atoms with E-state index < -0.39 is 17.2 Å². The van der Waals surface area contributed by atoms with Crippen molar-refractivity contribution in [1.29, 1.82) is 0 Å². The molecule has 3 rings (SSSR count). The molecule has 0 radical (unpaired) electrons. The molecule has 1 amide bonds. The molecule has 2 aliphatic heterocycles. The topological polar surface area (TPSA) is 80.0 Å². The van der Waals surface area contributed by atoms with Crippen LogP contribution in [0.1, 0.15) is 43.2 Å². The number of hydrogen-bond acceptors (Lipinski definition) is 3. The van der Waals surface area contributed by atoms with Gasteiger partial charge in [-0.1, -0.05) is 18.2 Å². The molecule has 2 fully saturated rings. The lowest BCUT2D eigenvalue weighted by molar-refractivity contribution is -0.137. The molecule has 0 aliphatic carbocycles. The highest BCUT2D eigenvalue weighted by molar-refractivity contribution is 14.0. The number of ether oxygens (including phenoxy) is 1. The second-order valence-electron chi connectivity index (χ2n) is 8.50. The summed E-state index contributed by atoms with van der Waals surface area (Å²) in [5, 5.41) is 3.40. The minimum atomic E-state index is -4.38. The summed E-state index contributed by atoms with van der Waals surface area (Å²) in [6.45, 7) is 2.96. The molecule has 32 heavy (non-hydrogen) atoms. The van der Waals surface area contributed by atoms with E-state index in [-0.39, 0.29) is 35.8 Å². The number of benzene rings is 1. The highest BCUT2D eigenvalue weighted by Gasteiger charge is 2.38. The van der Waals surface area contributed by atoms with Gasteiger partial charge in [-0.3, -0.25) is 9.79 Å². The third kappa shape index (κ3) is 6.72. The van der Waals surface area contributed by atoms with Gasteiger partial charge in [-0.25, -0.2) is 0 Å². The van der Waals surface area contributed by atoms with Crippen molar-refractivity contribution in [1.82, 2.24) is 10.2 Å². The Morgan fingerprint density at radius 3 is 2.69 bits per heavy atom. The standard InChI is InChI=1S/C22H31F3N4O2.HI/c1-27-20(29-9-3-4-16(14-29)12-19(26)30)28-15-21(7-10-31-11-8-21)17-5-2-6-18(13-17)22(23,24)25;/h2,5-6,13,16H,3-4,7-12,14-15H2,1H3,(H2,26,30)(H,27,28);1H. The lowest BCUT2D eigenvalue weighted by Crippen LogP contribution is -2.51. The van der Waals surface area contributed by atoms with E-state index >= 15 is 0 Å².